The molecule has 0 aromatic heterocycles. The average molecular weight is 283 g/mol. The van der Waals surface area contributed by atoms with Gasteiger partial charge in [0.15, 0.2) is 0 Å². The van der Waals surface area contributed by atoms with E-state index in [4.69, 9.17) is 15.2 Å². The van der Waals surface area contributed by atoms with Crippen LogP contribution in [0.25, 0.3) is 0 Å². The Balaban J connectivity index is 1.42. The Kier molecular flexibility index (Phi) is 4.41. The minimum Gasteiger partial charge on any atom is -0.493 e. The first-order chi connectivity index (χ1) is 10.3. The molecule has 0 aliphatic heterocycles. The summed E-state index contributed by atoms with van der Waals surface area (Å²) >= 11 is 0. The number of hydrogen-bond donors (Lipinski definition) is 1. The van der Waals surface area contributed by atoms with Gasteiger partial charge in [0.1, 0.15) is 11.5 Å². The predicted octanol–water partition coefficient (Wildman–Crippen LogP) is 3.48. The standard InChI is InChI=1S/C18H21NO2/c19-18-10-7-14-13-16(8-9-17(14)18)21-12-4-11-20-15-5-2-1-3-6-15/h1-3,5-6,8-9,13,18H,4,7,10-12,19H2. The van der Waals surface area contributed by atoms with Crippen molar-refractivity contribution in [1.82, 2.24) is 0 Å². The quantitative estimate of drug-likeness (QED) is 0.825. The van der Waals surface area contributed by atoms with Crippen LogP contribution in [0.15, 0.2) is 48.5 Å². The van der Waals surface area contributed by atoms with E-state index >= 15 is 0 Å². The highest BCUT2D eigenvalue weighted by molar-refractivity contribution is 5.40. The van der Waals surface area contributed by atoms with Gasteiger partial charge in [0.05, 0.1) is 13.2 Å². The normalized spacial score (nSPS) is 16.5. The first-order valence-electron chi connectivity index (χ1n) is 7.52. The topological polar surface area (TPSA) is 44.5 Å². The molecule has 0 spiro atoms. The molecule has 2 aromatic rings. The van der Waals surface area contributed by atoms with Crippen LogP contribution >= 0.6 is 0 Å². The average Bonchev–Trinajstić information content (AvgIpc) is 2.89. The van der Waals surface area contributed by atoms with Gasteiger partial charge < -0.3 is 15.2 Å². The SMILES string of the molecule is NC1CCc2cc(OCCCOc3ccccc3)ccc21. The van der Waals surface area contributed by atoms with Crippen molar-refractivity contribution < 1.29 is 9.47 Å². The Hall–Kier alpha value is -2.00. The Morgan fingerprint density at radius 3 is 2.52 bits per heavy atom. The van der Waals surface area contributed by atoms with E-state index in [1.807, 2.05) is 36.4 Å². The lowest BCUT2D eigenvalue weighted by molar-refractivity contribution is 0.247. The first-order valence-corrected chi connectivity index (χ1v) is 7.52. The van der Waals surface area contributed by atoms with Crippen LogP contribution in [0.4, 0.5) is 0 Å². The Bertz CT molecular complexity index is 583. The predicted molar refractivity (Wildman–Crippen MR) is 83.7 cm³/mol. The summed E-state index contributed by atoms with van der Waals surface area (Å²) in [6.07, 6.45) is 2.97. The Morgan fingerprint density at radius 1 is 0.952 bits per heavy atom. The molecule has 1 aliphatic carbocycles. The van der Waals surface area contributed by atoms with Gasteiger partial charge in [-0.2, -0.15) is 0 Å². The third-order valence-electron chi connectivity index (χ3n) is 3.81. The van der Waals surface area contributed by atoms with E-state index in [1.54, 1.807) is 0 Å². The fraction of sp³-hybridized carbons (Fsp3) is 0.333. The van der Waals surface area contributed by atoms with Crippen LogP contribution in [0.5, 0.6) is 11.5 Å². The van der Waals surface area contributed by atoms with Gasteiger partial charge in [0.2, 0.25) is 0 Å². The molecule has 3 nitrogen and oxygen atoms in total. The highest BCUT2D eigenvalue weighted by atomic mass is 16.5. The maximum atomic E-state index is 6.03. The summed E-state index contributed by atoms with van der Waals surface area (Å²) in [7, 11) is 0. The smallest absolute Gasteiger partial charge is 0.119 e. The fourth-order valence-electron chi connectivity index (χ4n) is 2.67. The van der Waals surface area contributed by atoms with Gasteiger partial charge in [-0.25, -0.2) is 0 Å². The largest absolute Gasteiger partial charge is 0.493 e. The second kappa shape index (κ2) is 6.64. The first kappa shape index (κ1) is 14.0. The zero-order chi connectivity index (χ0) is 14.5. The van der Waals surface area contributed by atoms with Gasteiger partial charge in [-0.15, -0.1) is 0 Å². The van der Waals surface area contributed by atoms with Crippen molar-refractivity contribution in [2.75, 3.05) is 13.2 Å². The highest BCUT2D eigenvalue weighted by Crippen LogP contribution is 2.31. The van der Waals surface area contributed by atoms with E-state index in [1.165, 1.54) is 11.1 Å². The number of nitrogens with two attached hydrogens (primary N) is 1. The summed E-state index contributed by atoms with van der Waals surface area (Å²) in [5.41, 5.74) is 8.64. The van der Waals surface area contributed by atoms with Gasteiger partial charge in [0.25, 0.3) is 0 Å². The molecule has 0 saturated heterocycles. The van der Waals surface area contributed by atoms with Crippen LogP contribution in [0.2, 0.25) is 0 Å². The molecular formula is C18H21NO2. The van der Waals surface area contributed by atoms with Crippen molar-refractivity contribution >= 4 is 0 Å². The molecule has 1 unspecified atom stereocenters. The molecule has 1 aliphatic rings. The molecule has 0 radical (unpaired) electrons. The molecule has 110 valence electrons. The number of rotatable bonds is 6. The maximum absolute atomic E-state index is 6.03. The van der Waals surface area contributed by atoms with Crippen LogP contribution in [-0.2, 0) is 6.42 Å². The van der Waals surface area contributed by atoms with E-state index < -0.39 is 0 Å². The molecule has 21 heavy (non-hydrogen) atoms. The molecule has 0 heterocycles. The molecule has 1 atom stereocenters. The van der Waals surface area contributed by atoms with Crippen LogP contribution in [-0.4, -0.2) is 13.2 Å². The monoisotopic (exact) mass is 283 g/mol. The third kappa shape index (κ3) is 3.56. The molecule has 2 N–H and O–H groups in total. The second-order valence-corrected chi connectivity index (χ2v) is 5.37. The third-order valence-corrected chi connectivity index (χ3v) is 3.81. The molecule has 0 saturated carbocycles. The molecular weight excluding hydrogens is 262 g/mol. The zero-order valence-electron chi connectivity index (χ0n) is 12.1. The number of aryl methyl sites for hydroxylation is 1. The minimum absolute atomic E-state index is 0.202. The summed E-state index contributed by atoms with van der Waals surface area (Å²) < 4.78 is 11.4. The van der Waals surface area contributed by atoms with Crippen LogP contribution in [0, 0.1) is 0 Å². The van der Waals surface area contributed by atoms with Crippen molar-refractivity contribution in [3.05, 3.63) is 59.7 Å². The van der Waals surface area contributed by atoms with Gasteiger partial charge in [-0.05, 0) is 48.2 Å². The number of fused-ring (bicyclic) bond motifs is 1. The molecule has 2 aromatic carbocycles. The molecule has 0 fully saturated rings. The summed E-state index contributed by atoms with van der Waals surface area (Å²) in [5, 5.41) is 0. The van der Waals surface area contributed by atoms with Crippen molar-refractivity contribution in [2.24, 2.45) is 5.73 Å². The second-order valence-electron chi connectivity index (χ2n) is 5.37. The Labute approximate surface area is 125 Å². The summed E-state index contributed by atoms with van der Waals surface area (Å²) in [4.78, 5) is 0. The van der Waals surface area contributed by atoms with Crippen molar-refractivity contribution in [1.29, 1.82) is 0 Å². The zero-order valence-corrected chi connectivity index (χ0v) is 12.1. The summed E-state index contributed by atoms with van der Waals surface area (Å²) in [6.45, 7) is 1.33. The molecule has 3 heteroatoms. The lowest BCUT2D eigenvalue weighted by Gasteiger charge is -2.10. The van der Waals surface area contributed by atoms with E-state index in [2.05, 4.69) is 12.1 Å². The van der Waals surface area contributed by atoms with Gasteiger partial charge in [0, 0.05) is 12.5 Å². The lowest BCUT2D eigenvalue weighted by Crippen LogP contribution is -2.06. The minimum atomic E-state index is 0.202. The van der Waals surface area contributed by atoms with E-state index in [0.29, 0.717) is 13.2 Å². The van der Waals surface area contributed by atoms with Crippen LogP contribution in [0.1, 0.15) is 30.0 Å². The summed E-state index contributed by atoms with van der Waals surface area (Å²) in [6, 6.07) is 16.3. The van der Waals surface area contributed by atoms with Crippen LogP contribution < -0.4 is 15.2 Å². The lowest BCUT2D eigenvalue weighted by atomic mass is 10.1. The molecule has 0 bridgehead atoms. The van der Waals surface area contributed by atoms with Crippen molar-refractivity contribution in [2.45, 2.75) is 25.3 Å². The number of ether oxygens (including phenoxy) is 2. The maximum Gasteiger partial charge on any atom is 0.119 e. The van der Waals surface area contributed by atoms with Crippen molar-refractivity contribution in [3.8, 4) is 11.5 Å². The number of para-hydroxylation sites is 1. The van der Waals surface area contributed by atoms with E-state index in [0.717, 1.165) is 30.8 Å². The highest BCUT2D eigenvalue weighted by Gasteiger charge is 2.18. The molecule has 0 amide bonds. The van der Waals surface area contributed by atoms with Crippen molar-refractivity contribution in [3.63, 3.8) is 0 Å². The van der Waals surface area contributed by atoms with E-state index in [-0.39, 0.29) is 6.04 Å². The number of benzene rings is 2. The number of hydrogen-bond acceptors (Lipinski definition) is 3. The van der Waals surface area contributed by atoms with Gasteiger partial charge in [-0.1, -0.05) is 24.3 Å². The van der Waals surface area contributed by atoms with E-state index in [9.17, 15) is 0 Å². The van der Waals surface area contributed by atoms with Crippen LogP contribution in [0.3, 0.4) is 0 Å². The Morgan fingerprint density at radius 2 is 1.71 bits per heavy atom. The summed E-state index contributed by atoms with van der Waals surface area (Å²) in [5.74, 6) is 1.84. The van der Waals surface area contributed by atoms with Gasteiger partial charge >= 0.3 is 0 Å². The van der Waals surface area contributed by atoms with Gasteiger partial charge in [-0.3, -0.25) is 0 Å². The fourth-order valence-corrected chi connectivity index (χ4v) is 2.67. The molecule has 3 rings (SSSR count).